The Kier molecular flexibility index (Phi) is 6.67. The maximum absolute atomic E-state index is 12.8. The first-order valence-electron chi connectivity index (χ1n) is 9.96. The van der Waals surface area contributed by atoms with Gasteiger partial charge < -0.3 is 29.4 Å². The van der Waals surface area contributed by atoms with E-state index in [1.165, 1.54) is 19.3 Å². The summed E-state index contributed by atoms with van der Waals surface area (Å²) in [6.45, 7) is 5.29. The lowest BCUT2D eigenvalue weighted by atomic mass is 10.2. The molecule has 0 bridgehead atoms. The van der Waals surface area contributed by atoms with Crippen LogP contribution in [0.1, 0.15) is 43.1 Å². The number of fused-ring (bicyclic) bond motifs is 1. The molecule has 1 amide bonds. The number of hydrogen-bond acceptors (Lipinski definition) is 5. The molecule has 0 aliphatic carbocycles. The molecule has 7 heteroatoms. The lowest BCUT2D eigenvalue weighted by Crippen LogP contribution is -2.37. The van der Waals surface area contributed by atoms with Gasteiger partial charge in [-0.3, -0.25) is 4.79 Å². The van der Waals surface area contributed by atoms with Crippen molar-refractivity contribution < 1.29 is 19.0 Å². The predicted molar refractivity (Wildman–Crippen MR) is 110 cm³/mol. The molecular formula is C21H31N3O4. The summed E-state index contributed by atoms with van der Waals surface area (Å²) >= 11 is 0. The third-order valence-corrected chi connectivity index (χ3v) is 5.36. The van der Waals surface area contributed by atoms with Gasteiger partial charge in [0.1, 0.15) is 5.69 Å². The number of aromatic nitrogens is 1. The zero-order chi connectivity index (χ0) is 20.1. The van der Waals surface area contributed by atoms with Crippen molar-refractivity contribution in [1.29, 1.82) is 0 Å². The summed E-state index contributed by atoms with van der Waals surface area (Å²) in [6, 6.07) is 3.81. The topological polar surface area (TPSA) is 75.8 Å². The van der Waals surface area contributed by atoms with Crippen LogP contribution in [0, 0.1) is 0 Å². The predicted octanol–water partition coefficient (Wildman–Crippen LogP) is 3.19. The van der Waals surface area contributed by atoms with Gasteiger partial charge in [0.2, 0.25) is 5.75 Å². The summed E-state index contributed by atoms with van der Waals surface area (Å²) in [5.74, 6) is 1.52. The molecule has 2 aromatic rings. The highest BCUT2D eigenvalue weighted by molar-refractivity contribution is 6.01. The summed E-state index contributed by atoms with van der Waals surface area (Å²) in [7, 11) is 4.72. The number of nitrogens with one attached hydrogen (secondary N) is 2. The van der Waals surface area contributed by atoms with Gasteiger partial charge in [-0.15, -0.1) is 0 Å². The van der Waals surface area contributed by atoms with Crippen LogP contribution in [0.15, 0.2) is 12.1 Å². The molecule has 1 aliphatic rings. The lowest BCUT2D eigenvalue weighted by molar-refractivity contribution is 0.0933. The van der Waals surface area contributed by atoms with E-state index in [1.807, 2.05) is 6.07 Å². The van der Waals surface area contributed by atoms with Crippen LogP contribution in [0.2, 0.25) is 0 Å². The van der Waals surface area contributed by atoms with E-state index < -0.39 is 0 Å². The van der Waals surface area contributed by atoms with E-state index in [9.17, 15) is 4.79 Å². The van der Waals surface area contributed by atoms with E-state index in [-0.39, 0.29) is 11.9 Å². The van der Waals surface area contributed by atoms with Crippen LogP contribution >= 0.6 is 0 Å². The first-order valence-corrected chi connectivity index (χ1v) is 9.96. The van der Waals surface area contributed by atoms with Crippen molar-refractivity contribution in [3.63, 3.8) is 0 Å². The SMILES string of the molecule is CCCCCN1CCC(NC(=O)c2cc3c(OC)c(OC)c(OC)cc3[nH]2)C1. The molecule has 0 radical (unpaired) electrons. The Morgan fingerprint density at radius 3 is 2.64 bits per heavy atom. The van der Waals surface area contributed by atoms with Crippen molar-refractivity contribution in [3.05, 3.63) is 17.8 Å². The molecule has 1 aromatic carbocycles. The summed E-state index contributed by atoms with van der Waals surface area (Å²) in [6.07, 6.45) is 4.70. The molecule has 1 fully saturated rings. The molecule has 0 saturated carbocycles. The maximum Gasteiger partial charge on any atom is 0.267 e. The van der Waals surface area contributed by atoms with Gasteiger partial charge in [-0.2, -0.15) is 0 Å². The Bertz CT molecular complexity index is 818. The second-order valence-corrected chi connectivity index (χ2v) is 7.26. The monoisotopic (exact) mass is 389 g/mol. The molecule has 7 nitrogen and oxygen atoms in total. The van der Waals surface area contributed by atoms with Crippen LogP contribution in [-0.4, -0.2) is 62.8 Å². The number of carbonyl (C=O) groups excluding carboxylic acids is 1. The summed E-state index contributed by atoms with van der Waals surface area (Å²) in [5, 5.41) is 3.95. The number of unbranched alkanes of at least 4 members (excludes halogenated alkanes) is 2. The molecular weight excluding hydrogens is 358 g/mol. The Morgan fingerprint density at radius 1 is 1.18 bits per heavy atom. The maximum atomic E-state index is 12.8. The Balaban J connectivity index is 1.72. The van der Waals surface area contributed by atoms with Crippen LogP contribution in [0.3, 0.4) is 0 Å². The number of likely N-dealkylation sites (tertiary alicyclic amines) is 1. The van der Waals surface area contributed by atoms with Crippen molar-refractivity contribution in [3.8, 4) is 17.2 Å². The average molecular weight is 389 g/mol. The molecule has 1 atom stereocenters. The quantitative estimate of drug-likeness (QED) is 0.644. The standard InChI is InChI=1S/C21H31N3O4/c1-5-6-7-9-24-10-8-14(13-24)22-21(25)17-11-15-16(23-17)12-18(26-2)20(28-4)19(15)27-3/h11-12,14,23H,5-10,13H2,1-4H3,(H,22,25). The number of carbonyl (C=O) groups is 1. The highest BCUT2D eigenvalue weighted by atomic mass is 16.5. The molecule has 1 unspecified atom stereocenters. The minimum absolute atomic E-state index is 0.100. The number of benzene rings is 1. The minimum atomic E-state index is -0.100. The van der Waals surface area contributed by atoms with Gasteiger partial charge in [-0.25, -0.2) is 0 Å². The van der Waals surface area contributed by atoms with Gasteiger partial charge in [0.05, 0.1) is 26.8 Å². The number of amides is 1. The minimum Gasteiger partial charge on any atom is -0.493 e. The van der Waals surface area contributed by atoms with Crippen LogP contribution in [0.5, 0.6) is 17.2 Å². The molecule has 2 heterocycles. The third-order valence-electron chi connectivity index (χ3n) is 5.36. The number of ether oxygens (including phenoxy) is 3. The van der Waals surface area contributed by atoms with Crippen molar-refractivity contribution in [2.45, 2.75) is 38.6 Å². The molecule has 1 aliphatic heterocycles. The zero-order valence-corrected chi connectivity index (χ0v) is 17.3. The molecule has 1 saturated heterocycles. The van der Waals surface area contributed by atoms with Crippen molar-refractivity contribution in [2.24, 2.45) is 0 Å². The van der Waals surface area contributed by atoms with Crippen molar-refractivity contribution >= 4 is 16.8 Å². The van der Waals surface area contributed by atoms with Crippen molar-refractivity contribution in [1.82, 2.24) is 15.2 Å². The highest BCUT2D eigenvalue weighted by Crippen LogP contribution is 2.43. The van der Waals surface area contributed by atoms with E-state index in [0.29, 0.717) is 22.9 Å². The Hall–Kier alpha value is -2.41. The number of hydrogen-bond donors (Lipinski definition) is 2. The summed E-state index contributed by atoms with van der Waals surface area (Å²) < 4.78 is 16.3. The van der Waals surface area contributed by atoms with Gasteiger partial charge in [0.15, 0.2) is 11.5 Å². The fourth-order valence-corrected chi connectivity index (χ4v) is 3.88. The number of methoxy groups -OCH3 is 3. The fraction of sp³-hybridized carbons (Fsp3) is 0.571. The highest BCUT2D eigenvalue weighted by Gasteiger charge is 2.25. The largest absolute Gasteiger partial charge is 0.493 e. The summed E-state index contributed by atoms with van der Waals surface area (Å²) in [4.78, 5) is 18.4. The van der Waals surface area contributed by atoms with E-state index in [4.69, 9.17) is 14.2 Å². The van der Waals surface area contributed by atoms with Gasteiger partial charge in [0, 0.05) is 30.6 Å². The van der Waals surface area contributed by atoms with E-state index in [0.717, 1.165) is 37.0 Å². The average Bonchev–Trinajstić information content (AvgIpc) is 3.33. The molecule has 28 heavy (non-hydrogen) atoms. The Morgan fingerprint density at radius 2 is 1.96 bits per heavy atom. The molecule has 3 rings (SSSR count). The van der Waals surface area contributed by atoms with Crippen LogP contribution in [0.4, 0.5) is 0 Å². The van der Waals surface area contributed by atoms with Gasteiger partial charge >= 0.3 is 0 Å². The van der Waals surface area contributed by atoms with E-state index in [2.05, 4.69) is 22.1 Å². The zero-order valence-electron chi connectivity index (χ0n) is 17.3. The third kappa shape index (κ3) is 4.19. The number of nitrogens with zero attached hydrogens (tertiary/aromatic N) is 1. The second kappa shape index (κ2) is 9.19. The normalized spacial score (nSPS) is 17.1. The van der Waals surface area contributed by atoms with E-state index in [1.54, 1.807) is 27.4 Å². The molecule has 0 spiro atoms. The molecule has 154 valence electrons. The van der Waals surface area contributed by atoms with Crippen LogP contribution in [-0.2, 0) is 0 Å². The van der Waals surface area contributed by atoms with Gasteiger partial charge in [-0.1, -0.05) is 19.8 Å². The molecule has 2 N–H and O–H groups in total. The van der Waals surface area contributed by atoms with Crippen LogP contribution in [0.25, 0.3) is 10.9 Å². The first kappa shape index (κ1) is 20.3. The fourth-order valence-electron chi connectivity index (χ4n) is 3.88. The Labute approximate surface area is 166 Å². The van der Waals surface area contributed by atoms with E-state index >= 15 is 0 Å². The molecule has 1 aromatic heterocycles. The smallest absolute Gasteiger partial charge is 0.267 e. The van der Waals surface area contributed by atoms with Crippen LogP contribution < -0.4 is 19.5 Å². The van der Waals surface area contributed by atoms with Crippen molar-refractivity contribution in [2.75, 3.05) is 41.0 Å². The van der Waals surface area contributed by atoms with Gasteiger partial charge in [-0.05, 0) is 25.5 Å². The number of H-pyrrole nitrogens is 1. The summed E-state index contributed by atoms with van der Waals surface area (Å²) in [5.41, 5.74) is 1.28. The number of aromatic amines is 1. The lowest BCUT2D eigenvalue weighted by Gasteiger charge is -2.16. The first-order chi connectivity index (χ1) is 13.6. The number of rotatable bonds is 9. The van der Waals surface area contributed by atoms with Gasteiger partial charge in [0.25, 0.3) is 5.91 Å². The second-order valence-electron chi connectivity index (χ2n) is 7.26.